The Morgan fingerprint density at radius 2 is 1.80 bits per heavy atom. The third-order valence-corrected chi connectivity index (χ3v) is 6.76. The van der Waals surface area contributed by atoms with Crippen molar-refractivity contribution in [3.8, 4) is 0 Å². The standard InChI is InChI=1S/C24H23N3OS2/c1-3-29-20-9-7-18(8-10-20)15-22(28)27(16-19-11-13-25-14-12-19)24-26-23-17(2)5-4-6-21(23)30-24/h4-14H,3,15-16H2,1-2H3. The van der Waals surface area contributed by atoms with Crippen LogP contribution in [0.1, 0.15) is 23.6 Å². The fourth-order valence-electron chi connectivity index (χ4n) is 3.26. The van der Waals surface area contributed by atoms with Gasteiger partial charge < -0.3 is 0 Å². The molecule has 6 heteroatoms. The first-order chi connectivity index (χ1) is 14.6. The number of fused-ring (bicyclic) bond motifs is 1. The minimum absolute atomic E-state index is 0.0411. The average molecular weight is 434 g/mol. The molecule has 4 rings (SSSR count). The Hall–Kier alpha value is -2.70. The molecule has 4 nitrogen and oxygen atoms in total. The Balaban J connectivity index is 1.63. The van der Waals surface area contributed by atoms with Crippen LogP contribution in [0.5, 0.6) is 0 Å². The van der Waals surface area contributed by atoms with Crippen molar-refractivity contribution in [2.45, 2.75) is 31.7 Å². The van der Waals surface area contributed by atoms with Gasteiger partial charge in [0.1, 0.15) is 0 Å². The summed E-state index contributed by atoms with van der Waals surface area (Å²) in [5.74, 6) is 1.08. The molecule has 0 radical (unpaired) electrons. The maximum Gasteiger partial charge on any atom is 0.233 e. The molecular formula is C24H23N3OS2. The summed E-state index contributed by atoms with van der Waals surface area (Å²) in [6.07, 6.45) is 3.85. The van der Waals surface area contributed by atoms with Gasteiger partial charge in [0.15, 0.2) is 5.13 Å². The van der Waals surface area contributed by atoms with E-state index in [9.17, 15) is 4.79 Å². The highest BCUT2D eigenvalue weighted by atomic mass is 32.2. The fourth-order valence-corrected chi connectivity index (χ4v) is 4.99. The van der Waals surface area contributed by atoms with E-state index in [0.29, 0.717) is 13.0 Å². The maximum absolute atomic E-state index is 13.4. The van der Waals surface area contributed by atoms with Crippen LogP contribution in [0.3, 0.4) is 0 Å². The van der Waals surface area contributed by atoms with Crippen LogP contribution in [0, 0.1) is 6.92 Å². The number of aryl methyl sites for hydroxylation is 1. The van der Waals surface area contributed by atoms with Gasteiger partial charge in [0.05, 0.1) is 23.2 Å². The second-order valence-corrected chi connectivity index (χ2v) is 9.35. The van der Waals surface area contributed by atoms with Crippen LogP contribution < -0.4 is 4.90 Å². The van der Waals surface area contributed by atoms with Crippen LogP contribution in [0.4, 0.5) is 5.13 Å². The zero-order valence-electron chi connectivity index (χ0n) is 17.0. The number of para-hydroxylation sites is 1. The van der Waals surface area contributed by atoms with Crippen molar-refractivity contribution < 1.29 is 4.79 Å². The molecule has 0 fully saturated rings. The molecule has 0 bridgehead atoms. The average Bonchev–Trinajstić information content (AvgIpc) is 3.20. The van der Waals surface area contributed by atoms with Crippen molar-refractivity contribution in [3.05, 3.63) is 83.7 Å². The van der Waals surface area contributed by atoms with Crippen molar-refractivity contribution in [2.24, 2.45) is 0 Å². The van der Waals surface area contributed by atoms with E-state index in [1.807, 2.05) is 30.3 Å². The van der Waals surface area contributed by atoms with E-state index in [2.05, 4.69) is 43.1 Å². The molecule has 0 atom stereocenters. The largest absolute Gasteiger partial charge is 0.283 e. The van der Waals surface area contributed by atoms with E-state index in [1.165, 1.54) is 4.90 Å². The van der Waals surface area contributed by atoms with Gasteiger partial charge in [-0.25, -0.2) is 4.98 Å². The summed E-state index contributed by atoms with van der Waals surface area (Å²) in [7, 11) is 0. The molecule has 4 aromatic rings. The fraction of sp³-hybridized carbons (Fsp3) is 0.208. The van der Waals surface area contributed by atoms with Gasteiger partial charge in [0.2, 0.25) is 5.91 Å². The lowest BCUT2D eigenvalue weighted by molar-refractivity contribution is -0.118. The van der Waals surface area contributed by atoms with Crippen LogP contribution in [0.2, 0.25) is 0 Å². The van der Waals surface area contributed by atoms with Crippen molar-refractivity contribution in [1.82, 2.24) is 9.97 Å². The quantitative estimate of drug-likeness (QED) is 0.341. The van der Waals surface area contributed by atoms with Gasteiger partial charge in [0.25, 0.3) is 0 Å². The summed E-state index contributed by atoms with van der Waals surface area (Å²) in [4.78, 5) is 25.3. The summed E-state index contributed by atoms with van der Waals surface area (Å²) in [6, 6.07) is 18.3. The van der Waals surface area contributed by atoms with Crippen LogP contribution in [0.25, 0.3) is 10.2 Å². The third kappa shape index (κ3) is 4.71. The number of pyridine rings is 1. The molecular weight excluding hydrogens is 410 g/mol. The molecule has 152 valence electrons. The number of hydrogen-bond donors (Lipinski definition) is 0. The van der Waals surface area contributed by atoms with Gasteiger partial charge in [0, 0.05) is 17.3 Å². The number of thiazole rings is 1. The van der Waals surface area contributed by atoms with Crippen molar-refractivity contribution in [3.63, 3.8) is 0 Å². The molecule has 2 heterocycles. The second-order valence-electron chi connectivity index (χ2n) is 7.01. The van der Waals surface area contributed by atoms with Gasteiger partial charge in [-0.05, 0) is 59.7 Å². The highest BCUT2D eigenvalue weighted by molar-refractivity contribution is 7.99. The lowest BCUT2D eigenvalue weighted by atomic mass is 10.1. The molecule has 0 saturated carbocycles. The smallest absolute Gasteiger partial charge is 0.233 e. The topological polar surface area (TPSA) is 46.1 Å². The Bertz CT molecular complexity index is 1140. The molecule has 0 spiro atoms. The van der Waals surface area contributed by atoms with Crippen LogP contribution in [-0.2, 0) is 17.8 Å². The van der Waals surface area contributed by atoms with E-state index in [-0.39, 0.29) is 5.91 Å². The first-order valence-electron chi connectivity index (χ1n) is 9.91. The number of anilines is 1. The molecule has 0 aliphatic rings. The molecule has 0 unspecified atom stereocenters. The molecule has 2 aromatic carbocycles. The summed E-state index contributed by atoms with van der Waals surface area (Å²) < 4.78 is 1.10. The second kappa shape index (κ2) is 9.41. The number of amides is 1. The van der Waals surface area contributed by atoms with Gasteiger partial charge in [-0.15, -0.1) is 11.8 Å². The molecule has 0 saturated heterocycles. The molecule has 0 N–H and O–H groups in total. The van der Waals surface area contributed by atoms with Crippen LogP contribution in [0.15, 0.2) is 71.9 Å². The van der Waals surface area contributed by atoms with Gasteiger partial charge in [-0.2, -0.15) is 0 Å². The number of hydrogen-bond acceptors (Lipinski definition) is 5. The highest BCUT2D eigenvalue weighted by Gasteiger charge is 2.21. The number of thioether (sulfide) groups is 1. The summed E-state index contributed by atoms with van der Waals surface area (Å²) in [5.41, 5.74) is 4.13. The maximum atomic E-state index is 13.4. The molecule has 2 aromatic heterocycles. The number of nitrogens with zero attached hydrogens (tertiary/aromatic N) is 3. The minimum atomic E-state index is 0.0411. The zero-order valence-corrected chi connectivity index (χ0v) is 18.7. The normalized spacial score (nSPS) is 11.0. The predicted molar refractivity (Wildman–Crippen MR) is 126 cm³/mol. The van der Waals surface area contributed by atoms with E-state index < -0.39 is 0 Å². The lowest BCUT2D eigenvalue weighted by Crippen LogP contribution is -2.31. The number of rotatable bonds is 7. The molecule has 30 heavy (non-hydrogen) atoms. The van der Waals surface area contributed by atoms with Crippen LogP contribution in [-0.4, -0.2) is 21.6 Å². The third-order valence-electron chi connectivity index (χ3n) is 4.82. The van der Waals surface area contributed by atoms with Crippen molar-refractivity contribution in [1.29, 1.82) is 0 Å². The predicted octanol–water partition coefficient (Wildman–Crippen LogP) is 5.89. The van der Waals surface area contributed by atoms with Gasteiger partial charge in [-0.1, -0.05) is 42.5 Å². The van der Waals surface area contributed by atoms with Gasteiger partial charge in [-0.3, -0.25) is 14.7 Å². The van der Waals surface area contributed by atoms with Gasteiger partial charge >= 0.3 is 0 Å². The lowest BCUT2D eigenvalue weighted by Gasteiger charge is -2.20. The number of carbonyl (C=O) groups is 1. The molecule has 0 aliphatic heterocycles. The van der Waals surface area contributed by atoms with Crippen molar-refractivity contribution in [2.75, 3.05) is 10.7 Å². The Morgan fingerprint density at radius 1 is 1.03 bits per heavy atom. The number of aromatic nitrogens is 2. The number of carbonyl (C=O) groups excluding carboxylic acids is 1. The monoisotopic (exact) mass is 433 g/mol. The molecule has 1 amide bonds. The summed E-state index contributed by atoms with van der Waals surface area (Å²) in [6.45, 7) is 4.67. The first-order valence-corrected chi connectivity index (χ1v) is 11.7. The summed E-state index contributed by atoms with van der Waals surface area (Å²) in [5, 5.41) is 0.735. The Morgan fingerprint density at radius 3 is 2.50 bits per heavy atom. The Kier molecular flexibility index (Phi) is 6.45. The van der Waals surface area contributed by atoms with E-state index in [4.69, 9.17) is 4.98 Å². The highest BCUT2D eigenvalue weighted by Crippen LogP contribution is 2.32. The summed E-state index contributed by atoms with van der Waals surface area (Å²) >= 11 is 3.36. The van der Waals surface area contributed by atoms with E-state index in [0.717, 1.165) is 37.8 Å². The Labute approximate surface area is 185 Å². The molecule has 0 aliphatic carbocycles. The van der Waals surface area contributed by atoms with E-state index >= 15 is 0 Å². The van der Waals surface area contributed by atoms with E-state index in [1.54, 1.807) is 40.4 Å². The van der Waals surface area contributed by atoms with Crippen LogP contribution >= 0.6 is 23.1 Å². The zero-order chi connectivity index (χ0) is 20.9. The minimum Gasteiger partial charge on any atom is -0.283 e. The van der Waals surface area contributed by atoms with Crippen molar-refractivity contribution >= 4 is 44.4 Å². The first kappa shape index (κ1) is 20.6. The number of benzene rings is 2. The SMILES string of the molecule is CCSc1ccc(CC(=O)N(Cc2ccncc2)c2nc3c(C)cccc3s2)cc1.